The van der Waals surface area contributed by atoms with Crippen molar-refractivity contribution in [2.45, 2.75) is 52.1 Å². The normalized spacial score (nSPS) is 21.1. The minimum Gasteiger partial charge on any atom is -0.465 e. The number of rotatable bonds is 4. The van der Waals surface area contributed by atoms with Crippen molar-refractivity contribution in [3.8, 4) is 0 Å². The van der Waals surface area contributed by atoms with Crippen molar-refractivity contribution < 1.29 is 12.8 Å². The van der Waals surface area contributed by atoms with E-state index in [2.05, 4.69) is 36.5 Å². The van der Waals surface area contributed by atoms with Gasteiger partial charge < -0.3 is 4.42 Å². The van der Waals surface area contributed by atoms with Crippen molar-refractivity contribution in [1.29, 1.82) is 0 Å². The number of furan rings is 1. The molecule has 120 valence electrons. The van der Waals surface area contributed by atoms with Crippen LogP contribution in [0.15, 0.2) is 10.5 Å². The molecule has 0 amide bonds. The highest BCUT2D eigenvalue weighted by Crippen LogP contribution is 2.28. The van der Waals surface area contributed by atoms with Crippen LogP contribution in [0.1, 0.15) is 44.3 Å². The highest BCUT2D eigenvalue weighted by Gasteiger charge is 2.26. The van der Waals surface area contributed by atoms with E-state index in [1.165, 1.54) is 11.8 Å². The maximum atomic E-state index is 11.3. The highest BCUT2D eigenvalue weighted by molar-refractivity contribution is 7.88. The van der Waals surface area contributed by atoms with E-state index in [0.29, 0.717) is 0 Å². The number of likely N-dealkylation sites (tertiary alicyclic amines) is 1. The fourth-order valence-electron chi connectivity index (χ4n) is 2.66. The third-order valence-corrected chi connectivity index (χ3v) is 4.57. The van der Waals surface area contributed by atoms with Gasteiger partial charge in [-0.1, -0.05) is 20.8 Å². The molecule has 6 heteroatoms. The maximum Gasteiger partial charge on any atom is 0.208 e. The first-order valence-electron chi connectivity index (χ1n) is 7.34. The molecule has 21 heavy (non-hydrogen) atoms. The van der Waals surface area contributed by atoms with Gasteiger partial charge in [0.25, 0.3) is 0 Å². The number of nitrogens with zero attached hydrogens (tertiary/aromatic N) is 1. The molecule has 2 rings (SSSR count). The Labute approximate surface area is 127 Å². The molecule has 1 atom stereocenters. The molecule has 1 aromatic rings. The van der Waals surface area contributed by atoms with Crippen LogP contribution in [0.5, 0.6) is 0 Å². The van der Waals surface area contributed by atoms with Gasteiger partial charge in [0.05, 0.1) is 6.26 Å². The van der Waals surface area contributed by atoms with E-state index in [1.807, 2.05) is 6.92 Å². The van der Waals surface area contributed by atoms with Gasteiger partial charge in [-0.2, -0.15) is 0 Å². The first kappa shape index (κ1) is 16.5. The minimum atomic E-state index is -3.12. The monoisotopic (exact) mass is 314 g/mol. The van der Waals surface area contributed by atoms with Crippen molar-refractivity contribution in [2.75, 3.05) is 19.3 Å². The molecule has 1 saturated heterocycles. The van der Waals surface area contributed by atoms with E-state index < -0.39 is 10.0 Å². The summed E-state index contributed by atoms with van der Waals surface area (Å²) < 4.78 is 31.1. The summed E-state index contributed by atoms with van der Waals surface area (Å²) >= 11 is 0. The largest absolute Gasteiger partial charge is 0.465 e. The van der Waals surface area contributed by atoms with Gasteiger partial charge in [-0.15, -0.1) is 0 Å². The molecule has 0 aromatic carbocycles. The molecule has 2 heterocycles. The number of hydrogen-bond acceptors (Lipinski definition) is 4. The summed E-state index contributed by atoms with van der Waals surface area (Å²) in [5.74, 6) is 1.96. The topological polar surface area (TPSA) is 62.6 Å². The number of hydrogen-bond donors (Lipinski definition) is 1. The van der Waals surface area contributed by atoms with Crippen LogP contribution in [-0.4, -0.2) is 38.7 Å². The predicted octanol–water partition coefficient (Wildman–Crippen LogP) is 2.01. The fourth-order valence-corrected chi connectivity index (χ4v) is 3.46. The van der Waals surface area contributed by atoms with Gasteiger partial charge in [0.15, 0.2) is 0 Å². The summed E-state index contributed by atoms with van der Waals surface area (Å²) in [7, 11) is -3.12. The molecular formula is C15H26N2O3S. The molecule has 1 aliphatic rings. The molecule has 0 bridgehead atoms. The second kappa shape index (κ2) is 5.74. The van der Waals surface area contributed by atoms with Crippen molar-refractivity contribution in [3.05, 3.63) is 23.2 Å². The van der Waals surface area contributed by atoms with Gasteiger partial charge in [-0.25, -0.2) is 13.1 Å². The average Bonchev–Trinajstić information content (AvgIpc) is 2.84. The molecule has 0 radical (unpaired) electrons. The van der Waals surface area contributed by atoms with Crippen LogP contribution >= 0.6 is 0 Å². The molecule has 1 N–H and O–H groups in total. The van der Waals surface area contributed by atoms with Crippen molar-refractivity contribution in [2.24, 2.45) is 0 Å². The van der Waals surface area contributed by atoms with Crippen LogP contribution in [0.25, 0.3) is 0 Å². The van der Waals surface area contributed by atoms with Gasteiger partial charge in [-0.05, 0) is 19.4 Å². The summed E-state index contributed by atoms with van der Waals surface area (Å²) in [6, 6.07) is 2.15. The van der Waals surface area contributed by atoms with E-state index in [4.69, 9.17) is 4.42 Å². The number of nitrogens with one attached hydrogen (secondary N) is 1. The zero-order valence-electron chi connectivity index (χ0n) is 13.6. The SMILES string of the molecule is Cc1oc(C(C)(C)C)cc1CN1CCC(NS(C)(=O)=O)C1. The molecule has 1 aliphatic heterocycles. The molecule has 0 spiro atoms. The summed E-state index contributed by atoms with van der Waals surface area (Å²) in [5, 5.41) is 0. The van der Waals surface area contributed by atoms with Crippen LogP contribution < -0.4 is 4.72 Å². The first-order chi connectivity index (χ1) is 9.54. The third kappa shape index (κ3) is 4.56. The molecule has 1 aromatic heterocycles. The van der Waals surface area contributed by atoms with Crippen molar-refractivity contribution in [3.63, 3.8) is 0 Å². The Morgan fingerprint density at radius 2 is 2.10 bits per heavy atom. The summed E-state index contributed by atoms with van der Waals surface area (Å²) in [4.78, 5) is 2.27. The van der Waals surface area contributed by atoms with Crippen LogP contribution in [0.2, 0.25) is 0 Å². The summed E-state index contributed by atoms with van der Waals surface area (Å²) in [6.07, 6.45) is 2.07. The Hall–Kier alpha value is -0.850. The van der Waals surface area contributed by atoms with Gasteiger partial charge in [0.1, 0.15) is 11.5 Å². The van der Waals surface area contributed by atoms with E-state index in [-0.39, 0.29) is 11.5 Å². The van der Waals surface area contributed by atoms with Crippen molar-refractivity contribution in [1.82, 2.24) is 9.62 Å². The summed E-state index contributed by atoms with van der Waals surface area (Å²) in [5.41, 5.74) is 1.20. The maximum absolute atomic E-state index is 11.3. The molecule has 1 fully saturated rings. The molecule has 0 aliphatic carbocycles. The Bertz CT molecular complexity index is 599. The zero-order chi connectivity index (χ0) is 15.8. The fraction of sp³-hybridized carbons (Fsp3) is 0.733. The number of aryl methyl sites for hydroxylation is 1. The second-order valence-corrected chi connectivity index (χ2v) is 8.83. The van der Waals surface area contributed by atoms with E-state index >= 15 is 0 Å². The van der Waals surface area contributed by atoms with Crippen molar-refractivity contribution >= 4 is 10.0 Å². The van der Waals surface area contributed by atoms with E-state index in [9.17, 15) is 8.42 Å². The molecule has 1 unspecified atom stereocenters. The van der Waals surface area contributed by atoms with E-state index in [1.54, 1.807) is 0 Å². The van der Waals surface area contributed by atoms with Gasteiger partial charge >= 0.3 is 0 Å². The Morgan fingerprint density at radius 3 is 2.62 bits per heavy atom. The predicted molar refractivity (Wildman–Crippen MR) is 83.8 cm³/mol. The lowest BCUT2D eigenvalue weighted by molar-refractivity contribution is 0.321. The Balaban J connectivity index is 1.99. The molecule has 5 nitrogen and oxygen atoms in total. The van der Waals surface area contributed by atoms with Crippen LogP contribution in [0, 0.1) is 6.92 Å². The van der Waals surface area contributed by atoms with Gasteiger partial charge in [-0.3, -0.25) is 4.90 Å². The zero-order valence-corrected chi connectivity index (χ0v) is 14.4. The number of sulfonamides is 1. The first-order valence-corrected chi connectivity index (χ1v) is 9.23. The second-order valence-electron chi connectivity index (χ2n) is 7.05. The highest BCUT2D eigenvalue weighted by atomic mass is 32.2. The lowest BCUT2D eigenvalue weighted by Crippen LogP contribution is -2.36. The van der Waals surface area contributed by atoms with E-state index in [0.717, 1.165) is 37.6 Å². The Morgan fingerprint density at radius 1 is 1.43 bits per heavy atom. The Kier molecular flexibility index (Phi) is 4.52. The standard InChI is InChI=1S/C15H26N2O3S/c1-11-12(8-14(20-11)15(2,3)4)9-17-7-6-13(10-17)16-21(5,18)19/h8,13,16H,6-7,9-10H2,1-5H3. The van der Waals surface area contributed by atoms with Crippen LogP contribution in [0.4, 0.5) is 0 Å². The minimum absolute atomic E-state index is 0.00833. The van der Waals surface area contributed by atoms with Crippen LogP contribution in [0.3, 0.4) is 0 Å². The lowest BCUT2D eigenvalue weighted by atomic mass is 9.93. The lowest BCUT2D eigenvalue weighted by Gasteiger charge is -2.16. The van der Waals surface area contributed by atoms with Gasteiger partial charge in [0.2, 0.25) is 10.0 Å². The van der Waals surface area contributed by atoms with Crippen LogP contribution in [-0.2, 0) is 22.0 Å². The summed E-state index contributed by atoms with van der Waals surface area (Å²) in [6.45, 7) is 10.9. The average molecular weight is 314 g/mol. The smallest absolute Gasteiger partial charge is 0.208 e. The molecular weight excluding hydrogens is 288 g/mol. The third-order valence-electron chi connectivity index (χ3n) is 3.81. The van der Waals surface area contributed by atoms with Gasteiger partial charge in [0, 0.05) is 36.7 Å². The molecule has 0 saturated carbocycles. The quantitative estimate of drug-likeness (QED) is 0.923.